The van der Waals surface area contributed by atoms with Crippen LogP contribution in [0.2, 0.25) is 0 Å². The van der Waals surface area contributed by atoms with Gasteiger partial charge in [-0.05, 0) is 28.1 Å². The van der Waals surface area contributed by atoms with Crippen LogP contribution < -0.4 is 5.32 Å². The maximum absolute atomic E-state index is 10.9. The van der Waals surface area contributed by atoms with Crippen LogP contribution in [-0.2, 0) is 4.79 Å². The van der Waals surface area contributed by atoms with Crippen LogP contribution in [0, 0.1) is 0 Å². The van der Waals surface area contributed by atoms with Crippen LogP contribution in [0.4, 0.5) is 5.82 Å². The van der Waals surface area contributed by atoms with Gasteiger partial charge in [0.15, 0.2) is 0 Å². The lowest BCUT2D eigenvalue weighted by Gasteiger charge is -2.00. The molecule has 0 radical (unpaired) electrons. The first kappa shape index (κ1) is 13.1. The van der Waals surface area contributed by atoms with E-state index in [1.165, 1.54) is 0 Å². The maximum atomic E-state index is 10.9. The second-order valence-electron chi connectivity index (χ2n) is 2.04. The summed E-state index contributed by atoms with van der Waals surface area (Å²) < 4.78 is 0.888. The molecule has 1 aromatic heterocycles. The molecule has 0 fully saturated rings. The number of halogens is 3. The van der Waals surface area contributed by atoms with Crippen LogP contribution in [-0.4, -0.2) is 16.2 Å². The van der Waals surface area contributed by atoms with Gasteiger partial charge in [-0.25, -0.2) is 4.98 Å². The minimum Gasteiger partial charge on any atom is -0.310 e. The van der Waals surface area contributed by atoms with Crippen molar-refractivity contribution in [2.24, 2.45) is 0 Å². The molecule has 0 saturated carbocycles. The van der Waals surface area contributed by atoms with Crippen molar-refractivity contribution in [1.82, 2.24) is 4.98 Å². The Hall–Kier alpha value is 0.0600. The van der Waals surface area contributed by atoms with Gasteiger partial charge in [0.2, 0.25) is 5.91 Å². The second kappa shape index (κ2) is 6.50. The fourth-order valence-electron chi connectivity index (χ4n) is 0.626. The van der Waals surface area contributed by atoms with Gasteiger partial charge in [-0.3, -0.25) is 4.79 Å². The standard InChI is InChI=1S/C7H6Br2N2O.BrH/c8-3-7(12)11-6-2-1-5(9)4-10-6;/h1-2,4H,3H2,(H,10,11,12);1H. The summed E-state index contributed by atoms with van der Waals surface area (Å²) in [4.78, 5) is 14.8. The van der Waals surface area contributed by atoms with Crippen molar-refractivity contribution < 1.29 is 4.79 Å². The Morgan fingerprint density at radius 2 is 2.23 bits per heavy atom. The Morgan fingerprint density at radius 1 is 1.54 bits per heavy atom. The topological polar surface area (TPSA) is 42.0 Å². The van der Waals surface area contributed by atoms with Gasteiger partial charge in [-0.15, -0.1) is 17.0 Å². The summed E-state index contributed by atoms with van der Waals surface area (Å²) in [6.07, 6.45) is 1.63. The quantitative estimate of drug-likeness (QED) is 0.809. The molecular formula is C7H7Br3N2O. The summed E-state index contributed by atoms with van der Waals surface area (Å²) in [5, 5.41) is 2.88. The van der Waals surface area contributed by atoms with E-state index in [0.717, 1.165) is 4.47 Å². The number of carbonyl (C=O) groups excluding carboxylic acids is 1. The second-order valence-corrected chi connectivity index (χ2v) is 3.52. The first-order valence-electron chi connectivity index (χ1n) is 3.20. The van der Waals surface area contributed by atoms with Crippen LogP contribution in [0.5, 0.6) is 0 Å². The summed E-state index contributed by atoms with van der Waals surface area (Å²) in [5.41, 5.74) is 0. The lowest BCUT2D eigenvalue weighted by Crippen LogP contribution is -2.13. The van der Waals surface area contributed by atoms with Gasteiger partial charge < -0.3 is 5.32 Å². The number of amides is 1. The number of hydrogen-bond donors (Lipinski definition) is 1. The summed E-state index contributed by atoms with van der Waals surface area (Å²) in [6.45, 7) is 0. The van der Waals surface area contributed by atoms with E-state index < -0.39 is 0 Å². The van der Waals surface area contributed by atoms with Crippen LogP contribution in [0.3, 0.4) is 0 Å². The van der Waals surface area contributed by atoms with E-state index in [-0.39, 0.29) is 28.2 Å². The SMILES string of the molecule is Br.O=C(CBr)Nc1ccc(Br)cn1. The molecule has 1 N–H and O–H groups in total. The molecule has 1 amide bonds. The number of hydrogen-bond acceptors (Lipinski definition) is 2. The third kappa shape index (κ3) is 4.73. The smallest absolute Gasteiger partial charge is 0.236 e. The average Bonchev–Trinajstić information content (AvgIpc) is 2.09. The molecule has 72 valence electrons. The first-order chi connectivity index (χ1) is 5.72. The fraction of sp³-hybridized carbons (Fsp3) is 0.143. The Kier molecular flexibility index (Phi) is 6.53. The number of nitrogens with one attached hydrogen (secondary N) is 1. The molecule has 0 bridgehead atoms. The highest BCUT2D eigenvalue weighted by Crippen LogP contribution is 2.10. The summed E-state index contributed by atoms with van der Waals surface area (Å²) in [7, 11) is 0. The van der Waals surface area contributed by atoms with E-state index in [9.17, 15) is 4.79 Å². The molecule has 0 aliphatic rings. The highest BCUT2D eigenvalue weighted by Gasteiger charge is 1.99. The van der Waals surface area contributed by atoms with Gasteiger partial charge in [-0.2, -0.15) is 0 Å². The predicted octanol–water partition coefficient (Wildman–Crippen LogP) is 2.76. The molecule has 3 nitrogen and oxygen atoms in total. The molecule has 13 heavy (non-hydrogen) atoms. The van der Waals surface area contributed by atoms with E-state index in [1.54, 1.807) is 12.3 Å². The highest BCUT2D eigenvalue weighted by atomic mass is 79.9. The Balaban J connectivity index is 0.00000144. The Bertz CT molecular complexity index is 276. The van der Waals surface area contributed by atoms with E-state index in [0.29, 0.717) is 5.82 Å². The number of alkyl halides is 1. The zero-order valence-corrected chi connectivity index (χ0v) is 11.3. The molecule has 0 saturated heterocycles. The van der Waals surface area contributed by atoms with Crippen LogP contribution in [0.25, 0.3) is 0 Å². The zero-order valence-electron chi connectivity index (χ0n) is 6.46. The van der Waals surface area contributed by atoms with E-state index >= 15 is 0 Å². The Morgan fingerprint density at radius 3 is 2.69 bits per heavy atom. The fourth-order valence-corrected chi connectivity index (χ4v) is 1.00. The lowest BCUT2D eigenvalue weighted by molar-refractivity contribution is -0.113. The van der Waals surface area contributed by atoms with Crippen molar-refractivity contribution in [2.75, 3.05) is 10.6 Å². The summed E-state index contributed by atoms with van der Waals surface area (Å²) in [6, 6.07) is 3.54. The number of rotatable bonds is 2. The van der Waals surface area contributed by atoms with Crippen LogP contribution in [0.1, 0.15) is 0 Å². The lowest BCUT2D eigenvalue weighted by atomic mass is 10.4. The van der Waals surface area contributed by atoms with E-state index in [4.69, 9.17) is 0 Å². The number of anilines is 1. The molecule has 0 spiro atoms. The van der Waals surface area contributed by atoms with Gasteiger partial charge in [0.1, 0.15) is 5.82 Å². The van der Waals surface area contributed by atoms with Gasteiger partial charge in [0, 0.05) is 10.7 Å². The number of carbonyl (C=O) groups is 1. The molecule has 0 aliphatic carbocycles. The molecule has 1 rings (SSSR count). The summed E-state index contributed by atoms with van der Waals surface area (Å²) >= 11 is 6.28. The number of aromatic nitrogens is 1. The predicted molar refractivity (Wildman–Crippen MR) is 64.7 cm³/mol. The normalized spacial score (nSPS) is 8.77. The van der Waals surface area contributed by atoms with Gasteiger partial charge in [-0.1, -0.05) is 15.9 Å². The van der Waals surface area contributed by atoms with Crippen molar-refractivity contribution >= 4 is 60.6 Å². The number of nitrogens with zero attached hydrogens (tertiary/aromatic N) is 1. The van der Waals surface area contributed by atoms with Gasteiger partial charge >= 0.3 is 0 Å². The monoisotopic (exact) mass is 372 g/mol. The van der Waals surface area contributed by atoms with Crippen LogP contribution >= 0.6 is 48.8 Å². The molecule has 0 atom stereocenters. The molecule has 0 aromatic carbocycles. The Labute approximate surface area is 103 Å². The van der Waals surface area contributed by atoms with Gasteiger partial charge in [0.25, 0.3) is 0 Å². The highest BCUT2D eigenvalue weighted by molar-refractivity contribution is 9.10. The van der Waals surface area contributed by atoms with Crippen LogP contribution in [0.15, 0.2) is 22.8 Å². The minimum absolute atomic E-state index is 0. The molecule has 6 heteroatoms. The molecule has 1 aromatic rings. The van der Waals surface area contributed by atoms with Crippen molar-refractivity contribution in [3.05, 3.63) is 22.8 Å². The molecule has 0 aliphatic heterocycles. The molecule has 0 unspecified atom stereocenters. The third-order valence-electron chi connectivity index (χ3n) is 1.12. The molecule has 1 heterocycles. The van der Waals surface area contributed by atoms with Crippen molar-refractivity contribution in [3.63, 3.8) is 0 Å². The van der Waals surface area contributed by atoms with Crippen molar-refractivity contribution in [3.8, 4) is 0 Å². The zero-order chi connectivity index (χ0) is 8.97. The van der Waals surface area contributed by atoms with Gasteiger partial charge in [0.05, 0.1) is 5.33 Å². The maximum Gasteiger partial charge on any atom is 0.236 e. The average molecular weight is 375 g/mol. The largest absolute Gasteiger partial charge is 0.310 e. The molecular weight excluding hydrogens is 368 g/mol. The van der Waals surface area contributed by atoms with Crippen molar-refractivity contribution in [1.29, 1.82) is 0 Å². The third-order valence-corrected chi connectivity index (χ3v) is 2.09. The van der Waals surface area contributed by atoms with Crippen molar-refractivity contribution in [2.45, 2.75) is 0 Å². The summed E-state index contributed by atoms with van der Waals surface area (Å²) in [5.74, 6) is 0.451. The number of pyridine rings is 1. The minimum atomic E-state index is -0.107. The first-order valence-corrected chi connectivity index (χ1v) is 5.11. The van der Waals surface area contributed by atoms with E-state index in [1.807, 2.05) is 6.07 Å². The van der Waals surface area contributed by atoms with E-state index in [2.05, 4.69) is 42.2 Å².